The van der Waals surface area contributed by atoms with E-state index in [1.807, 2.05) is 12.3 Å². The van der Waals surface area contributed by atoms with Gasteiger partial charge >= 0.3 is 7.12 Å². The van der Waals surface area contributed by atoms with Crippen molar-refractivity contribution in [1.29, 1.82) is 0 Å². The van der Waals surface area contributed by atoms with Gasteiger partial charge in [0.15, 0.2) is 0 Å². The first-order chi connectivity index (χ1) is 14.1. The van der Waals surface area contributed by atoms with Crippen LogP contribution in [-0.2, 0) is 20.6 Å². The van der Waals surface area contributed by atoms with Crippen LogP contribution in [-0.4, -0.2) is 46.5 Å². The molecule has 0 radical (unpaired) electrons. The Kier molecular flexibility index (Phi) is 5.79. The molecule has 166 valence electrons. The van der Waals surface area contributed by atoms with E-state index < -0.39 is 13.2 Å². The molecular formula is C22H37BN4O3. The van der Waals surface area contributed by atoms with Crippen LogP contribution in [0.3, 0.4) is 0 Å². The number of rotatable bonds is 8. The minimum atomic E-state index is -0.669. The Balaban J connectivity index is 1.44. The Bertz CT molecular complexity index is 756. The van der Waals surface area contributed by atoms with Crippen molar-refractivity contribution in [2.75, 3.05) is 0 Å². The molecular weight excluding hydrogens is 379 g/mol. The predicted molar refractivity (Wildman–Crippen MR) is 116 cm³/mol. The lowest BCUT2D eigenvalue weighted by Gasteiger charge is -2.64. The van der Waals surface area contributed by atoms with Gasteiger partial charge in [-0.2, -0.15) is 5.10 Å². The molecule has 0 unspecified atom stereocenters. The number of amides is 1. The summed E-state index contributed by atoms with van der Waals surface area (Å²) in [7, 11) is -0.422. The second-order valence-electron chi connectivity index (χ2n) is 10.8. The zero-order chi connectivity index (χ0) is 21.7. The van der Waals surface area contributed by atoms with Crippen LogP contribution in [0.15, 0.2) is 18.5 Å². The lowest BCUT2D eigenvalue weighted by atomic mass is 9.43. The topological polar surface area (TPSA) is 91.4 Å². The van der Waals surface area contributed by atoms with Gasteiger partial charge in [-0.15, -0.1) is 0 Å². The monoisotopic (exact) mass is 416 g/mol. The molecule has 2 heterocycles. The quantitative estimate of drug-likeness (QED) is 0.635. The van der Waals surface area contributed by atoms with E-state index in [4.69, 9.17) is 15.0 Å². The normalized spacial score (nSPS) is 33.7. The van der Waals surface area contributed by atoms with Gasteiger partial charge in [0.25, 0.3) is 0 Å². The largest absolute Gasteiger partial charge is 0.481 e. The fraction of sp³-hybridized carbons (Fsp3) is 0.818. The summed E-state index contributed by atoms with van der Waals surface area (Å²) in [6.45, 7) is 11.7. The van der Waals surface area contributed by atoms with E-state index in [0.29, 0.717) is 29.7 Å². The molecule has 1 aliphatic heterocycles. The Morgan fingerprint density at radius 1 is 1.33 bits per heavy atom. The predicted octanol–water partition coefficient (Wildman–Crippen LogP) is 2.40. The van der Waals surface area contributed by atoms with E-state index in [0.717, 1.165) is 19.3 Å². The highest BCUT2D eigenvalue weighted by molar-refractivity contribution is 6.47. The molecule has 1 saturated heterocycles. The number of carbonyl (C=O) groups is 1. The van der Waals surface area contributed by atoms with Crippen LogP contribution in [0.25, 0.3) is 0 Å². The number of nitrogens with two attached hydrogens (primary N) is 1. The molecule has 1 aromatic rings. The highest BCUT2D eigenvalue weighted by Crippen LogP contribution is 2.65. The van der Waals surface area contributed by atoms with E-state index in [-0.39, 0.29) is 23.6 Å². The summed E-state index contributed by atoms with van der Waals surface area (Å²) in [6, 6.07) is 1.16. The molecule has 5 rings (SSSR count). The second kappa shape index (κ2) is 7.95. The molecule has 4 aliphatic rings. The summed E-state index contributed by atoms with van der Waals surface area (Å²) < 4.78 is 14.8. The van der Waals surface area contributed by atoms with Gasteiger partial charge < -0.3 is 20.4 Å². The minimum absolute atomic E-state index is 0.107. The number of carbonyl (C=O) groups excluding carboxylic acids is 1. The highest BCUT2D eigenvalue weighted by atomic mass is 16.7. The Morgan fingerprint density at radius 3 is 2.73 bits per heavy atom. The minimum Gasteiger partial charge on any atom is -0.404 e. The number of hydrogen-bond acceptors (Lipinski definition) is 5. The van der Waals surface area contributed by atoms with Crippen molar-refractivity contribution in [1.82, 2.24) is 15.1 Å². The average Bonchev–Trinajstić information content (AvgIpc) is 3.30. The molecule has 4 fully saturated rings. The molecule has 3 saturated carbocycles. The van der Waals surface area contributed by atoms with Gasteiger partial charge in [-0.1, -0.05) is 27.7 Å². The molecule has 1 aromatic heterocycles. The third kappa shape index (κ3) is 3.82. The molecule has 0 spiro atoms. The van der Waals surface area contributed by atoms with Gasteiger partial charge in [-0.3, -0.25) is 9.48 Å². The Hall–Kier alpha value is -1.38. The third-order valence-electron chi connectivity index (χ3n) is 7.96. The number of nitrogens with one attached hydrogen (secondary N) is 1. The van der Waals surface area contributed by atoms with Crippen LogP contribution in [0.4, 0.5) is 0 Å². The van der Waals surface area contributed by atoms with Crippen LogP contribution < -0.4 is 11.1 Å². The summed E-state index contributed by atoms with van der Waals surface area (Å²) in [6.07, 6.45) is 7.66. The van der Waals surface area contributed by atoms with Crippen molar-refractivity contribution < 1.29 is 14.1 Å². The molecule has 3 aliphatic carbocycles. The maximum Gasteiger partial charge on any atom is 0.481 e. The van der Waals surface area contributed by atoms with Crippen molar-refractivity contribution in [3.63, 3.8) is 0 Å². The molecule has 7 nitrogen and oxygen atoms in total. The average molecular weight is 416 g/mol. The Labute approximate surface area is 180 Å². The molecule has 8 heteroatoms. The van der Waals surface area contributed by atoms with E-state index >= 15 is 0 Å². The third-order valence-corrected chi connectivity index (χ3v) is 7.96. The SMILES string of the molecule is CC(C)CC[C@H](NC(=O)[C@@H](N)Cn1cccn1)B1O[C@@H]2C[C@@H]3C[C@@H](C3(C)C)[C@]2(C)O1. The summed E-state index contributed by atoms with van der Waals surface area (Å²) >= 11 is 0. The van der Waals surface area contributed by atoms with Crippen molar-refractivity contribution >= 4 is 13.0 Å². The van der Waals surface area contributed by atoms with Crippen molar-refractivity contribution in [3.05, 3.63) is 18.5 Å². The van der Waals surface area contributed by atoms with E-state index in [2.05, 4.69) is 45.0 Å². The highest BCUT2D eigenvalue weighted by Gasteiger charge is 2.68. The molecule has 30 heavy (non-hydrogen) atoms. The maximum absolute atomic E-state index is 12.9. The van der Waals surface area contributed by atoms with Crippen molar-refractivity contribution in [2.24, 2.45) is 28.9 Å². The van der Waals surface area contributed by atoms with Crippen LogP contribution in [0.1, 0.15) is 60.3 Å². The summed E-state index contributed by atoms with van der Waals surface area (Å²) in [5.74, 6) is 1.35. The zero-order valence-electron chi connectivity index (χ0n) is 19.0. The first-order valence-corrected chi connectivity index (χ1v) is 11.5. The van der Waals surface area contributed by atoms with Gasteiger partial charge in [-0.05, 0) is 61.8 Å². The van der Waals surface area contributed by atoms with E-state index in [1.54, 1.807) is 10.9 Å². The van der Waals surface area contributed by atoms with Gasteiger partial charge in [0.1, 0.15) is 6.04 Å². The molecule has 2 bridgehead atoms. The van der Waals surface area contributed by atoms with Crippen LogP contribution >= 0.6 is 0 Å². The molecule has 6 atom stereocenters. The van der Waals surface area contributed by atoms with E-state index in [1.165, 1.54) is 6.42 Å². The van der Waals surface area contributed by atoms with E-state index in [9.17, 15) is 4.79 Å². The Morgan fingerprint density at radius 2 is 2.10 bits per heavy atom. The first kappa shape index (κ1) is 21.8. The van der Waals surface area contributed by atoms with Crippen molar-refractivity contribution in [3.8, 4) is 0 Å². The van der Waals surface area contributed by atoms with Crippen LogP contribution in [0.5, 0.6) is 0 Å². The first-order valence-electron chi connectivity index (χ1n) is 11.5. The van der Waals surface area contributed by atoms with Gasteiger partial charge in [0.05, 0.1) is 24.2 Å². The summed E-state index contributed by atoms with van der Waals surface area (Å²) in [5, 5.41) is 7.29. The van der Waals surface area contributed by atoms with Crippen LogP contribution in [0.2, 0.25) is 0 Å². The zero-order valence-corrected chi connectivity index (χ0v) is 19.0. The fourth-order valence-electron chi connectivity index (χ4n) is 5.84. The number of nitrogens with zero attached hydrogens (tertiary/aromatic N) is 2. The van der Waals surface area contributed by atoms with Crippen molar-refractivity contribution in [2.45, 2.75) is 90.5 Å². The summed E-state index contributed by atoms with van der Waals surface area (Å²) in [4.78, 5) is 12.9. The summed E-state index contributed by atoms with van der Waals surface area (Å²) in [5.41, 5.74) is 6.19. The fourth-order valence-corrected chi connectivity index (χ4v) is 5.84. The second-order valence-corrected chi connectivity index (χ2v) is 10.8. The lowest BCUT2D eigenvalue weighted by Crippen LogP contribution is -2.65. The lowest BCUT2D eigenvalue weighted by molar-refractivity contribution is -0.199. The van der Waals surface area contributed by atoms with Gasteiger partial charge in [-0.25, -0.2) is 0 Å². The number of aromatic nitrogens is 2. The smallest absolute Gasteiger partial charge is 0.404 e. The molecule has 1 amide bonds. The standard InChI is InChI=1S/C22H37BN4O3/c1-14(2)7-8-19(26-20(28)16(24)13-27-10-6-9-25-27)23-29-18-12-15-11-17(21(15,3)4)22(18,5)30-23/h6,9-10,14-19H,7-8,11-13,24H2,1-5H3,(H,26,28)/t15-,16-,17-,18+,19-,22-/m0/s1. The molecule has 0 aromatic carbocycles. The van der Waals surface area contributed by atoms with Gasteiger partial charge in [0.2, 0.25) is 5.91 Å². The molecule has 3 N–H and O–H groups in total. The van der Waals surface area contributed by atoms with Gasteiger partial charge in [0, 0.05) is 12.4 Å². The maximum atomic E-state index is 12.9. The van der Waals surface area contributed by atoms with Crippen LogP contribution in [0, 0.1) is 23.2 Å². The number of hydrogen-bond donors (Lipinski definition) is 2.